The summed E-state index contributed by atoms with van der Waals surface area (Å²) in [7, 11) is 0. The van der Waals surface area contributed by atoms with Gasteiger partial charge in [0.15, 0.2) is 17.3 Å². The molecule has 0 aliphatic rings. The Balaban J connectivity index is 1.85. The molecule has 3 rings (SSSR count). The Labute approximate surface area is 150 Å². The molecule has 126 valence electrons. The first-order valence-electron chi connectivity index (χ1n) is 7.52. The quantitative estimate of drug-likeness (QED) is 0.637. The van der Waals surface area contributed by atoms with E-state index in [1.165, 1.54) is 0 Å². The highest BCUT2D eigenvalue weighted by atomic mass is 35.5. The molecule has 0 bridgehead atoms. The van der Waals surface area contributed by atoms with E-state index in [0.717, 1.165) is 5.56 Å². The SMILES string of the molecule is Nc1cc(OCc2ccccc2)c(N=Nc2ccc(Cl)cc2)c(N)n1. The smallest absolute Gasteiger partial charge is 0.170 e. The Morgan fingerprint density at radius 1 is 0.960 bits per heavy atom. The number of halogens is 1. The molecule has 4 N–H and O–H groups in total. The lowest BCUT2D eigenvalue weighted by Crippen LogP contribution is -2.01. The molecule has 1 heterocycles. The van der Waals surface area contributed by atoms with Crippen LogP contribution in [0.2, 0.25) is 5.02 Å². The van der Waals surface area contributed by atoms with Crippen LogP contribution in [0, 0.1) is 0 Å². The fourth-order valence-electron chi connectivity index (χ4n) is 2.11. The molecule has 0 fully saturated rings. The number of azo groups is 1. The summed E-state index contributed by atoms with van der Waals surface area (Å²) in [5.41, 5.74) is 13.7. The first-order valence-corrected chi connectivity index (χ1v) is 7.89. The molecule has 3 aromatic rings. The number of nitrogen functional groups attached to an aromatic ring is 2. The summed E-state index contributed by atoms with van der Waals surface area (Å²) in [5.74, 6) is 0.832. The van der Waals surface area contributed by atoms with Crippen molar-refractivity contribution >= 4 is 34.6 Å². The molecule has 0 aliphatic heterocycles. The zero-order valence-electron chi connectivity index (χ0n) is 13.3. The summed E-state index contributed by atoms with van der Waals surface area (Å²) in [6.45, 7) is 0.354. The molecule has 0 saturated carbocycles. The van der Waals surface area contributed by atoms with Gasteiger partial charge in [-0.3, -0.25) is 0 Å². The number of rotatable bonds is 5. The third-order valence-electron chi connectivity index (χ3n) is 3.33. The Morgan fingerprint density at radius 3 is 2.40 bits per heavy atom. The predicted molar refractivity (Wildman–Crippen MR) is 99.5 cm³/mol. The molecule has 1 aromatic heterocycles. The van der Waals surface area contributed by atoms with Crippen LogP contribution in [-0.4, -0.2) is 4.98 Å². The number of hydrogen-bond donors (Lipinski definition) is 2. The Morgan fingerprint density at radius 2 is 1.68 bits per heavy atom. The molecule has 6 nitrogen and oxygen atoms in total. The number of hydrogen-bond acceptors (Lipinski definition) is 6. The third-order valence-corrected chi connectivity index (χ3v) is 3.59. The van der Waals surface area contributed by atoms with Gasteiger partial charge in [0.1, 0.15) is 12.4 Å². The Hall–Kier alpha value is -3.12. The van der Waals surface area contributed by atoms with Gasteiger partial charge in [0.05, 0.1) is 5.69 Å². The average molecular weight is 354 g/mol. The van der Waals surface area contributed by atoms with Crippen LogP contribution >= 0.6 is 11.6 Å². The van der Waals surface area contributed by atoms with Crippen LogP contribution in [0.3, 0.4) is 0 Å². The van der Waals surface area contributed by atoms with E-state index in [4.69, 9.17) is 27.8 Å². The maximum absolute atomic E-state index is 5.93. The number of anilines is 2. The maximum Gasteiger partial charge on any atom is 0.170 e. The lowest BCUT2D eigenvalue weighted by Gasteiger charge is -2.10. The summed E-state index contributed by atoms with van der Waals surface area (Å²) < 4.78 is 5.82. The van der Waals surface area contributed by atoms with Crippen LogP contribution in [0.15, 0.2) is 70.9 Å². The van der Waals surface area contributed by atoms with E-state index in [2.05, 4.69) is 15.2 Å². The van der Waals surface area contributed by atoms with Gasteiger partial charge in [0.25, 0.3) is 0 Å². The lowest BCUT2D eigenvalue weighted by molar-refractivity contribution is 0.307. The van der Waals surface area contributed by atoms with Gasteiger partial charge in [-0.15, -0.1) is 5.11 Å². The molecule has 2 aromatic carbocycles. The van der Waals surface area contributed by atoms with Crippen LogP contribution in [-0.2, 0) is 6.61 Å². The van der Waals surface area contributed by atoms with Crippen LogP contribution < -0.4 is 16.2 Å². The molecule has 7 heteroatoms. The molecule has 0 atom stereocenters. The Bertz CT molecular complexity index is 882. The monoisotopic (exact) mass is 353 g/mol. The van der Waals surface area contributed by atoms with E-state index in [9.17, 15) is 0 Å². The van der Waals surface area contributed by atoms with E-state index in [0.29, 0.717) is 28.8 Å². The fraction of sp³-hybridized carbons (Fsp3) is 0.0556. The number of pyridine rings is 1. The maximum atomic E-state index is 5.93. The lowest BCUT2D eigenvalue weighted by atomic mass is 10.2. The number of nitrogens with zero attached hydrogens (tertiary/aromatic N) is 3. The van der Waals surface area contributed by atoms with Gasteiger partial charge < -0.3 is 16.2 Å². The van der Waals surface area contributed by atoms with E-state index < -0.39 is 0 Å². The minimum Gasteiger partial charge on any atom is -0.486 e. The van der Waals surface area contributed by atoms with Crippen LogP contribution in [0.25, 0.3) is 0 Å². The topological polar surface area (TPSA) is 98.9 Å². The highest BCUT2D eigenvalue weighted by Gasteiger charge is 2.11. The van der Waals surface area contributed by atoms with Gasteiger partial charge in [-0.1, -0.05) is 41.9 Å². The molecule has 0 unspecified atom stereocenters. The van der Waals surface area contributed by atoms with E-state index in [1.807, 2.05) is 30.3 Å². The minimum absolute atomic E-state index is 0.153. The summed E-state index contributed by atoms with van der Waals surface area (Å²) in [6.07, 6.45) is 0. The molecule has 0 aliphatic carbocycles. The molecule has 0 spiro atoms. The molecule has 0 amide bonds. The van der Waals surface area contributed by atoms with Crippen molar-refractivity contribution in [2.75, 3.05) is 11.5 Å². The van der Waals surface area contributed by atoms with Crippen molar-refractivity contribution < 1.29 is 4.74 Å². The van der Waals surface area contributed by atoms with Crippen molar-refractivity contribution in [2.45, 2.75) is 6.61 Å². The van der Waals surface area contributed by atoms with Crippen molar-refractivity contribution in [2.24, 2.45) is 10.2 Å². The van der Waals surface area contributed by atoms with Crippen LogP contribution in [0.1, 0.15) is 5.56 Å². The standard InChI is InChI=1S/C18H16ClN5O/c19-13-6-8-14(9-7-13)23-24-17-15(10-16(20)22-18(17)21)25-11-12-4-2-1-3-5-12/h1-10H,11H2,(H4,20,21,22). The zero-order valence-corrected chi connectivity index (χ0v) is 14.0. The summed E-state index contributed by atoms with van der Waals surface area (Å²) in [6, 6.07) is 18.3. The van der Waals surface area contributed by atoms with Gasteiger partial charge >= 0.3 is 0 Å². The third kappa shape index (κ3) is 4.45. The fourth-order valence-corrected chi connectivity index (χ4v) is 2.24. The second kappa shape index (κ2) is 7.63. The molecular formula is C18H16ClN5O. The van der Waals surface area contributed by atoms with E-state index in [1.54, 1.807) is 30.3 Å². The van der Waals surface area contributed by atoms with Gasteiger partial charge in [-0.05, 0) is 29.8 Å². The number of aromatic nitrogens is 1. The highest BCUT2D eigenvalue weighted by molar-refractivity contribution is 6.30. The summed E-state index contributed by atoms with van der Waals surface area (Å²) >= 11 is 5.86. The number of nitrogens with two attached hydrogens (primary N) is 2. The highest BCUT2D eigenvalue weighted by Crippen LogP contribution is 2.36. The molecular weight excluding hydrogens is 338 g/mol. The normalized spacial score (nSPS) is 10.9. The van der Waals surface area contributed by atoms with Gasteiger partial charge in [-0.2, -0.15) is 5.11 Å². The van der Waals surface area contributed by atoms with Crippen molar-refractivity contribution in [3.63, 3.8) is 0 Å². The second-order valence-electron chi connectivity index (χ2n) is 5.23. The van der Waals surface area contributed by atoms with Gasteiger partial charge in [-0.25, -0.2) is 4.98 Å². The first-order chi connectivity index (χ1) is 12.1. The van der Waals surface area contributed by atoms with Crippen LogP contribution in [0.4, 0.5) is 23.0 Å². The number of benzene rings is 2. The van der Waals surface area contributed by atoms with Crippen molar-refractivity contribution in [1.82, 2.24) is 4.98 Å². The van der Waals surface area contributed by atoms with Crippen LogP contribution in [0.5, 0.6) is 5.75 Å². The molecule has 0 radical (unpaired) electrons. The summed E-state index contributed by atoms with van der Waals surface area (Å²) in [4.78, 5) is 4.02. The van der Waals surface area contributed by atoms with Crippen molar-refractivity contribution in [3.05, 3.63) is 71.2 Å². The first kappa shape index (κ1) is 16.7. The largest absolute Gasteiger partial charge is 0.486 e. The van der Waals surface area contributed by atoms with Crippen molar-refractivity contribution in [1.29, 1.82) is 0 Å². The molecule has 25 heavy (non-hydrogen) atoms. The van der Waals surface area contributed by atoms with E-state index >= 15 is 0 Å². The van der Waals surface area contributed by atoms with Gasteiger partial charge in [0.2, 0.25) is 0 Å². The molecule has 0 saturated heterocycles. The summed E-state index contributed by atoms with van der Waals surface area (Å²) in [5, 5.41) is 8.95. The average Bonchev–Trinajstić information content (AvgIpc) is 2.61. The number of ether oxygens (including phenoxy) is 1. The Kier molecular flexibility index (Phi) is 5.11. The predicted octanol–water partition coefficient (Wildman–Crippen LogP) is 4.89. The van der Waals surface area contributed by atoms with Gasteiger partial charge in [0, 0.05) is 11.1 Å². The van der Waals surface area contributed by atoms with Crippen molar-refractivity contribution in [3.8, 4) is 5.75 Å². The zero-order chi connectivity index (χ0) is 17.6. The minimum atomic E-state index is 0.153. The van der Waals surface area contributed by atoms with E-state index in [-0.39, 0.29) is 11.6 Å². The second-order valence-corrected chi connectivity index (χ2v) is 5.67.